The molecule has 2 aromatic heterocycles. The molecule has 0 spiro atoms. The van der Waals surface area contributed by atoms with E-state index >= 15 is 0 Å². The Morgan fingerprint density at radius 3 is 2.65 bits per heavy atom. The van der Waals surface area contributed by atoms with Crippen LogP contribution in [0, 0.1) is 0 Å². The first-order chi connectivity index (χ1) is 19.6. The van der Waals surface area contributed by atoms with Crippen LogP contribution in [-0.2, 0) is 18.0 Å². The van der Waals surface area contributed by atoms with E-state index in [-0.39, 0.29) is 18.6 Å². The number of hydrogen-bond acceptors (Lipinski definition) is 7. The smallest absolute Gasteiger partial charge is 0.407 e. The van der Waals surface area contributed by atoms with Crippen molar-refractivity contribution in [2.24, 2.45) is 0 Å². The lowest BCUT2D eigenvalue weighted by atomic mass is 9.87. The molecule has 40 heavy (non-hydrogen) atoms. The first-order valence-corrected chi connectivity index (χ1v) is 13.2. The fourth-order valence-electron chi connectivity index (χ4n) is 5.05. The molecule has 6 rings (SSSR count). The third-order valence-electron chi connectivity index (χ3n) is 7.17. The SMILES string of the molecule is O=C(O)N1CCC(c2ccc(OCc3nc(-c4cccnc4)no3)cc2)C(OCc2ccc3ccccc3c2)C1. The molecule has 1 N–H and O–H groups in total. The summed E-state index contributed by atoms with van der Waals surface area (Å²) in [4.78, 5) is 21.6. The Labute approximate surface area is 231 Å². The number of likely N-dealkylation sites (tertiary alicyclic amines) is 1. The maximum absolute atomic E-state index is 11.7. The van der Waals surface area contributed by atoms with Crippen LogP contribution in [0.5, 0.6) is 5.75 Å². The molecule has 0 radical (unpaired) electrons. The van der Waals surface area contributed by atoms with Gasteiger partial charge in [0.25, 0.3) is 5.89 Å². The molecule has 1 aliphatic rings. The number of pyridine rings is 1. The topological polar surface area (TPSA) is 111 Å². The van der Waals surface area contributed by atoms with Gasteiger partial charge in [0.05, 0.1) is 19.3 Å². The second-order valence-electron chi connectivity index (χ2n) is 9.77. The van der Waals surface area contributed by atoms with E-state index < -0.39 is 6.09 Å². The summed E-state index contributed by atoms with van der Waals surface area (Å²) in [6, 6.07) is 26.0. The van der Waals surface area contributed by atoms with Gasteiger partial charge in [0.2, 0.25) is 5.82 Å². The summed E-state index contributed by atoms with van der Waals surface area (Å²) in [5, 5.41) is 15.9. The zero-order valence-electron chi connectivity index (χ0n) is 21.7. The van der Waals surface area contributed by atoms with E-state index in [1.165, 1.54) is 10.3 Å². The molecule has 5 aromatic rings. The molecule has 9 nitrogen and oxygen atoms in total. The van der Waals surface area contributed by atoms with Gasteiger partial charge in [-0.25, -0.2) is 4.79 Å². The summed E-state index contributed by atoms with van der Waals surface area (Å²) in [6.45, 7) is 1.33. The van der Waals surface area contributed by atoms with Gasteiger partial charge in [-0.05, 0) is 58.7 Å². The average molecular weight is 537 g/mol. The molecule has 202 valence electrons. The van der Waals surface area contributed by atoms with Crippen LogP contribution in [0.15, 0.2) is 95.8 Å². The Hall–Kier alpha value is -4.76. The number of aromatic nitrogens is 3. The molecule has 3 aromatic carbocycles. The highest BCUT2D eigenvalue weighted by molar-refractivity contribution is 5.82. The standard InChI is InChI=1S/C31H28N4O5/c36-31(37)35-15-13-27(28(18-35)39-19-21-7-8-22-4-1-2-5-24(22)16-21)23-9-11-26(12-10-23)38-20-29-33-30(34-40-29)25-6-3-14-32-17-25/h1-12,14,16-17,27-28H,13,15,18-20H2,(H,36,37). The van der Waals surface area contributed by atoms with Crippen molar-refractivity contribution in [1.82, 2.24) is 20.0 Å². The van der Waals surface area contributed by atoms with Crippen LogP contribution in [0.1, 0.15) is 29.4 Å². The van der Waals surface area contributed by atoms with Gasteiger partial charge in [0.15, 0.2) is 6.61 Å². The third kappa shape index (κ3) is 5.79. The molecule has 1 aliphatic heterocycles. The number of nitrogens with zero attached hydrogens (tertiary/aromatic N) is 4. The van der Waals surface area contributed by atoms with E-state index in [0.29, 0.717) is 43.6 Å². The van der Waals surface area contributed by atoms with Crippen LogP contribution in [0.25, 0.3) is 22.2 Å². The number of hydrogen-bond donors (Lipinski definition) is 1. The van der Waals surface area contributed by atoms with Crippen LogP contribution in [0.4, 0.5) is 4.79 Å². The summed E-state index contributed by atoms with van der Waals surface area (Å²) in [5.41, 5.74) is 2.91. The molecule has 1 amide bonds. The number of ether oxygens (including phenoxy) is 2. The molecule has 9 heteroatoms. The van der Waals surface area contributed by atoms with Gasteiger partial charge >= 0.3 is 6.09 Å². The van der Waals surface area contributed by atoms with Crippen molar-refractivity contribution in [2.75, 3.05) is 13.1 Å². The van der Waals surface area contributed by atoms with Crippen molar-refractivity contribution in [2.45, 2.75) is 31.7 Å². The Bertz CT molecular complexity index is 1590. The molecular formula is C31H28N4O5. The van der Waals surface area contributed by atoms with Gasteiger partial charge in [0, 0.05) is 30.4 Å². The van der Waals surface area contributed by atoms with E-state index in [4.69, 9.17) is 14.0 Å². The van der Waals surface area contributed by atoms with E-state index in [1.54, 1.807) is 12.4 Å². The van der Waals surface area contributed by atoms with E-state index in [9.17, 15) is 9.90 Å². The number of carboxylic acid groups (broad SMARTS) is 1. The number of amides is 1. The highest BCUT2D eigenvalue weighted by Gasteiger charge is 2.33. The Morgan fingerprint density at radius 2 is 1.85 bits per heavy atom. The minimum Gasteiger partial charge on any atom is -0.484 e. The first kappa shape index (κ1) is 25.5. The molecule has 0 aliphatic carbocycles. The van der Waals surface area contributed by atoms with E-state index in [2.05, 4.69) is 45.5 Å². The Balaban J connectivity index is 1.11. The van der Waals surface area contributed by atoms with Crippen LogP contribution >= 0.6 is 0 Å². The lowest BCUT2D eigenvalue weighted by molar-refractivity contribution is -0.0199. The zero-order chi connectivity index (χ0) is 27.3. The summed E-state index contributed by atoms with van der Waals surface area (Å²) in [6.07, 6.45) is 2.84. The maximum Gasteiger partial charge on any atom is 0.407 e. The van der Waals surface area contributed by atoms with Crippen molar-refractivity contribution in [3.8, 4) is 17.1 Å². The molecule has 0 bridgehead atoms. The second-order valence-corrected chi connectivity index (χ2v) is 9.77. The zero-order valence-corrected chi connectivity index (χ0v) is 21.7. The van der Waals surface area contributed by atoms with Crippen molar-refractivity contribution >= 4 is 16.9 Å². The predicted octanol–water partition coefficient (Wildman–Crippen LogP) is 5.92. The summed E-state index contributed by atoms with van der Waals surface area (Å²) < 4.78 is 17.5. The third-order valence-corrected chi connectivity index (χ3v) is 7.17. The Morgan fingerprint density at radius 1 is 1.00 bits per heavy atom. The monoisotopic (exact) mass is 536 g/mol. The lowest BCUT2D eigenvalue weighted by Crippen LogP contribution is -2.46. The fraction of sp³-hybridized carbons (Fsp3) is 0.226. The fourth-order valence-corrected chi connectivity index (χ4v) is 5.05. The quantitative estimate of drug-likeness (QED) is 0.260. The molecule has 3 heterocycles. The molecule has 0 saturated carbocycles. The maximum atomic E-state index is 11.7. The van der Waals surface area contributed by atoms with Crippen molar-refractivity contribution in [1.29, 1.82) is 0 Å². The number of carbonyl (C=O) groups is 1. The van der Waals surface area contributed by atoms with Gasteiger partial charge < -0.3 is 24.0 Å². The van der Waals surface area contributed by atoms with E-state index in [0.717, 1.165) is 22.1 Å². The highest BCUT2D eigenvalue weighted by Crippen LogP contribution is 2.32. The number of piperidine rings is 1. The second kappa shape index (κ2) is 11.5. The van der Waals surface area contributed by atoms with Crippen molar-refractivity contribution < 1.29 is 23.9 Å². The minimum absolute atomic E-state index is 0.0584. The highest BCUT2D eigenvalue weighted by atomic mass is 16.5. The minimum atomic E-state index is -0.922. The summed E-state index contributed by atoms with van der Waals surface area (Å²) >= 11 is 0. The van der Waals surface area contributed by atoms with Crippen LogP contribution in [0.3, 0.4) is 0 Å². The molecule has 1 fully saturated rings. The van der Waals surface area contributed by atoms with Gasteiger partial charge in [0.1, 0.15) is 5.75 Å². The van der Waals surface area contributed by atoms with Crippen molar-refractivity contribution in [3.05, 3.63) is 108 Å². The van der Waals surface area contributed by atoms with Crippen LogP contribution < -0.4 is 4.74 Å². The van der Waals surface area contributed by atoms with Gasteiger partial charge in [-0.1, -0.05) is 53.7 Å². The van der Waals surface area contributed by atoms with Gasteiger partial charge in [-0.2, -0.15) is 4.98 Å². The molecular weight excluding hydrogens is 508 g/mol. The normalized spacial score (nSPS) is 17.1. The van der Waals surface area contributed by atoms with Crippen LogP contribution in [-0.4, -0.2) is 50.4 Å². The van der Waals surface area contributed by atoms with Gasteiger partial charge in [-0.15, -0.1) is 0 Å². The molecule has 2 atom stereocenters. The summed E-state index contributed by atoms with van der Waals surface area (Å²) in [7, 11) is 0. The summed E-state index contributed by atoms with van der Waals surface area (Å²) in [5.74, 6) is 1.56. The number of fused-ring (bicyclic) bond motifs is 1. The lowest BCUT2D eigenvalue weighted by Gasteiger charge is -2.37. The average Bonchev–Trinajstić information content (AvgIpc) is 3.49. The Kier molecular flexibility index (Phi) is 7.37. The number of rotatable bonds is 8. The number of benzene rings is 3. The van der Waals surface area contributed by atoms with E-state index in [1.807, 2.05) is 48.5 Å². The molecule has 1 saturated heterocycles. The first-order valence-electron chi connectivity index (χ1n) is 13.2. The largest absolute Gasteiger partial charge is 0.484 e. The predicted molar refractivity (Wildman–Crippen MR) is 148 cm³/mol. The van der Waals surface area contributed by atoms with Gasteiger partial charge in [-0.3, -0.25) is 4.98 Å². The van der Waals surface area contributed by atoms with Crippen LogP contribution in [0.2, 0.25) is 0 Å². The van der Waals surface area contributed by atoms with Crippen molar-refractivity contribution in [3.63, 3.8) is 0 Å². The molecule has 2 unspecified atom stereocenters.